The van der Waals surface area contributed by atoms with Gasteiger partial charge in [0.15, 0.2) is 0 Å². The highest BCUT2D eigenvalue weighted by atomic mass is 32.2. The molecular formula is C19H23N3O5S. The molecule has 2 aromatic rings. The van der Waals surface area contributed by atoms with E-state index in [2.05, 4.69) is 10.6 Å². The van der Waals surface area contributed by atoms with Gasteiger partial charge in [-0.1, -0.05) is 6.07 Å². The average Bonchev–Trinajstić information content (AvgIpc) is 2.74. The quantitative estimate of drug-likeness (QED) is 0.729. The number of methoxy groups -OCH3 is 1. The van der Waals surface area contributed by atoms with Gasteiger partial charge in [-0.15, -0.1) is 0 Å². The molecule has 0 atom stereocenters. The summed E-state index contributed by atoms with van der Waals surface area (Å²) in [4.78, 5) is 12.3. The lowest BCUT2D eigenvalue weighted by Gasteiger charge is -2.26. The molecule has 1 aliphatic heterocycles. The molecule has 0 aliphatic carbocycles. The van der Waals surface area contributed by atoms with Gasteiger partial charge in [-0.2, -0.15) is 4.31 Å². The third kappa shape index (κ3) is 5.00. The van der Waals surface area contributed by atoms with Crippen LogP contribution in [0, 0.1) is 0 Å². The van der Waals surface area contributed by atoms with E-state index in [1.807, 2.05) is 0 Å². The third-order valence-corrected chi connectivity index (χ3v) is 6.16. The van der Waals surface area contributed by atoms with E-state index in [4.69, 9.17) is 9.47 Å². The molecule has 1 heterocycles. The number of nitrogens with zero attached hydrogens (tertiary/aromatic N) is 1. The van der Waals surface area contributed by atoms with E-state index in [1.54, 1.807) is 49.6 Å². The normalized spacial score (nSPS) is 15.0. The third-order valence-electron chi connectivity index (χ3n) is 4.27. The van der Waals surface area contributed by atoms with Crippen LogP contribution in [0.15, 0.2) is 53.4 Å². The molecular weight excluding hydrogens is 382 g/mol. The fourth-order valence-electron chi connectivity index (χ4n) is 2.76. The second-order valence-corrected chi connectivity index (χ2v) is 8.11. The predicted octanol–water partition coefficient (Wildman–Crippen LogP) is 1.77. The molecule has 0 bridgehead atoms. The highest BCUT2D eigenvalue weighted by molar-refractivity contribution is 7.89. The molecule has 0 spiro atoms. The molecule has 9 heteroatoms. The summed E-state index contributed by atoms with van der Waals surface area (Å²) < 4.78 is 37.1. The lowest BCUT2D eigenvalue weighted by molar-refractivity contribution is -0.114. The van der Waals surface area contributed by atoms with Crippen molar-refractivity contribution in [3.05, 3.63) is 48.5 Å². The van der Waals surface area contributed by atoms with Crippen LogP contribution in [0.5, 0.6) is 5.75 Å². The Morgan fingerprint density at radius 3 is 2.50 bits per heavy atom. The smallest absolute Gasteiger partial charge is 0.243 e. The summed E-state index contributed by atoms with van der Waals surface area (Å²) >= 11 is 0. The van der Waals surface area contributed by atoms with Crippen molar-refractivity contribution in [2.24, 2.45) is 0 Å². The van der Waals surface area contributed by atoms with Crippen molar-refractivity contribution in [1.29, 1.82) is 0 Å². The van der Waals surface area contributed by atoms with Crippen molar-refractivity contribution in [2.45, 2.75) is 4.90 Å². The van der Waals surface area contributed by atoms with Crippen molar-refractivity contribution in [2.75, 3.05) is 50.6 Å². The molecule has 28 heavy (non-hydrogen) atoms. The summed E-state index contributed by atoms with van der Waals surface area (Å²) in [6.45, 7) is 1.47. The number of hydrogen-bond acceptors (Lipinski definition) is 6. The molecule has 2 N–H and O–H groups in total. The number of hydrogen-bond donors (Lipinski definition) is 2. The summed E-state index contributed by atoms with van der Waals surface area (Å²) in [5.74, 6) is 0.459. The maximum atomic E-state index is 12.7. The molecule has 0 aromatic heterocycles. The molecule has 1 aliphatic rings. The Bertz CT molecular complexity index is 909. The van der Waals surface area contributed by atoms with Gasteiger partial charge >= 0.3 is 0 Å². The highest BCUT2D eigenvalue weighted by Gasteiger charge is 2.26. The fraction of sp³-hybridized carbons (Fsp3) is 0.316. The predicted molar refractivity (Wildman–Crippen MR) is 106 cm³/mol. The van der Waals surface area contributed by atoms with Gasteiger partial charge in [0.1, 0.15) is 5.75 Å². The van der Waals surface area contributed by atoms with E-state index in [-0.39, 0.29) is 17.3 Å². The van der Waals surface area contributed by atoms with Crippen molar-refractivity contribution >= 4 is 27.3 Å². The van der Waals surface area contributed by atoms with Gasteiger partial charge in [0.25, 0.3) is 0 Å². The number of anilines is 2. The molecule has 0 unspecified atom stereocenters. The second kappa shape index (κ2) is 9.05. The molecule has 1 amide bonds. The summed E-state index contributed by atoms with van der Waals surface area (Å²) in [5, 5.41) is 5.72. The molecule has 8 nitrogen and oxygen atoms in total. The van der Waals surface area contributed by atoms with Gasteiger partial charge < -0.3 is 20.1 Å². The van der Waals surface area contributed by atoms with Crippen LogP contribution in [0.4, 0.5) is 11.4 Å². The van der Waals surface area contributed by atoms with E-state index in [0.717, 1.165) is 0 Å². The van der Waals surface area contributed by atoms with E-state index < -0.39 is 10.0 Å². The van der Waals surface area contributed by atoms with E-state index in [0.29, 0.717) is 43.4 Å². The largest absolute Gasteiger partial charge is 0.497 e. The van der Waals surface area contributed by atoms with Crippen molar-refractivity contribution < 1.29 is 22.7 Å². The topological polar surface area (TPSA) is 97.0 Å². The zero-order chi connectivity index (χ0) is 20.0. The van der Waals surface area contributed by atoms with Crippen LogP contribution in [-0.2, 0) is 19.6 Å². The zero-order valence-corrected chi connectivity index (χ0v) is 16.4. The fourth-order valence-corrected chi connectivity index (χ4v) is 4.22. The number of ether oxygens (including phenoxy) is 2. The van der Waals surface area contributed by atoms with Crippen molar-refractivity contribution in [3.63, 3.8) is 0 Å². The van der Waals surface area contributed by atoms with Crippen LogP contribution in [0.1, 0.15) is 0 Å². The van der Waals surface area contributed by atoms with Gasteiger partial charge in [-0.05, 0) is 42.5 Å². The van der Waals surface area contributed by atoms with Crippen molar-refractivity contribution in [3.8, 4) is 5.75 Å². The number of carbonyl (C=O) groups is 1. The minimum atomic E-state index is -3.58. The molecule has 1 fully saturated rings. The van der Waals surface area contributed by atoms with Gasteiger partial charge in [0, 0.05) is 24.5 Å². The lowest BCUT2D eigenvalue weighted by atomic mass is 10.3. The monoisotopic (exact) mass is 405 g/mol. The number of sulfonamides is 1. The molecule has 2 aromatic carbocycles. The minimum Gasteiger partial charge on any atom is -0.497 e. The van der Waals surface area contributed by atoms with E-state index in [1.165, 1.54) is 10.4 Å². The number of rotatable bonds is 7. The first kappa shape index (κ1) is 20.1. The van der Waals surface area contributed by atoms with Gasteiger partial charge in [0.2, 0.25) is 15.9 Å². The maximum absolute atomic E-state index is 12.7. The first-order chi connectivity index (χ1) is 13.5. The summed E-state index contributed by atoms with van der Waals surface area (Å²) in [6.07, 6.45) is 0. The van der Waals surface area contributed by atoms with Crippen LogP contribution in [0.25, 0.3) is 0 Å². The summed E-state index contributed by atoms with van der Waals surface area (Å²) in [5.41, 5.74) is 1.20. The van der Waals surface area contributed by atoms with Crippen LogP contribution < -0.4 is 15.4 Å². The first-order valence-electron chi connectivity index (χ1n) is 8.85. The Morgan fingerprint density at radius 2 is 1.82 bits per heavy atom. The molecule has 0 radical (unpaired) electrons. The van der Waals surface area contributed by atoms with Gasteiger partial charge in [-0.3, -0.25) is 4.79 Å². The highest BCUT2D eigenvalue weighted by Crippen LogP contribution is 2.20. The van der Waals surface area contributed by atoms with E-state index in [9.17, 15) is 13.2 Å². The Labute approximate surface area is 164 Å². The Kier molecular flexibility index (Phi) is 6.50. The first-order valence-corrected chi connectivity index (χ1v) is 10.3. The lowest BCUT2D eigenvalue weighted by Crippen LogP contribution is -2.40. The zero-order valence-electron chi connectivity index (χ0n) is 15.6. The molecule has 1 saturated heterocycles. The van der Waals surface area contributed by atoms with Crippen LogP contribution in [0.2, 0.25) is 0 Å². The summed E-state index contributed by atoms with van der Waals surface area (Å²) in [6, 6.07) is 13.4. The number of nitrogens with one attached hydrogen (secondary N) is 2. The van der Waals surface area contributed by atoms with Crippen molar-refractivity contribution in [1.82, 2.24) is 4.31 Å². The standard InChI is InChI=1S/C19H23N3O5S/c1-26-17-7-5-15(6-8-17)21-19(23)14-20-16-3-2-4-18(13-16)28(24,25)22-9-11-27-12-10-22/h2-8,13,20H,9-12,14H2,1H3,(H,21,23). The Hall–Kier alpha value is -2.62. The number of carbonyl (C=O) groups excluding carboxylic acids is 1. The second-order valence-electron chi connectivity index (χ2n) is 6.17. The Morgan fingerprint density at radius 1 is 1.11 bits per heavy atom. The van der Waals surface area contributed by atoms with Crippen LogP contribution in [-0.4, -0.2) is 58.6 Å². The SMILES string of the molecule is COc1ccc(NC(=O)CNc2cccc(S(=O)(=O)N3CCOCC3)c2)cc1. The number of benzene rings is 2. The summed E-state index contributed by atoms with van der Waals surface area (Å²) in [7, 11) is -2.00. The maximum Gasteiger partial charge on any atom is 0.243 e. The van der Waals surface area contributed by atoms with Gasteiger partial charge in [-0.25, -0.2) is 8.42 Å². The molecule has 0 saturated carbocycles. The van der Waals surface area contributed by atoms with Gasteiger partial charge in [0.05, 0.1) is 31.8 Å². The molecule has 150 valence electrons. The van der Waals surface area contributed by atoms with Crippen LogP contribution in [0.3, 0.4) is 0 Å². The molecule has 3 rings (SSSR count). The van der Waals surface area contributed by atoms with Crippen LogP contribution >= 0.6 is 0 Å². The number of morpholine rings is 1. The Balaban J connectivity index is 1.60. The minimum absolute atomic E-state index is 0.00703. The van der Waals surface area contributed by atoms with E-state index >= 15 is 0 Å². The number of amides is 1. The average molecular weight is 405 g/mol.